The highest BCUT2D eigenvalue weighted by Crippen LogP contribution is 2.04. The standard InChI is InChI=1S/C10H16O2/c11-9-7-5-3-1-2-4-6-8-10-12/h5,7,9-10H,1-4,6,8H2/b7-5-. The van der Waals surface area contributed by atoms with E-state index in [9.17, 15) is 9.59 Å². The summed E-state index contributed by atoms with van der Waals surface area (Å²) in [5, 5.41) is 0. The van der Waals surface area contributed by atoms with E-state index in [0.717, 1.165) is 44.7 Å². The maximum absolute atomic E-state index is 9.93. The molecule has 0 saturated carbocycles. The molecular weight excluding hydrogens is 152 g/mol. The minimum Gasteiger partial charge on any atom is -0.303 e. The molecule has 0 bridgehead atoms. The minimum absolute atomic E-state index is 0.685. The van der Waals surface area contributed by atoms with Crippen LogP contribution in [0.25, 0.3) is 0 Å². The summed E-state index contributed by atoms with van der Waals surface area (Å²) in [6.07, 6.45) is 11.2. The summed E-state index contributed by atoms with van der Waals surface area (Å²) in [4.78, 5) is 19.8. The quantitative estimate of drug-likeness (QED) is 0.316. The second kappa shape index (κ2) is 10.1. The van der Waals surface area contributed by atoms with Gasteiger partial charge in [-0.2, -0.15) is 0 Å². The predicted molar refractivity (Wildman–Crippen MR) is 49.0 cm³/mol. The molecule has 2 heteroatoms. The molecule has 0 saturated heterocycles. The first-order valence-corrected chi connectivity index (χ1v) is 4.45. The SMILES string of the molecule is O=C/C=C\CCCCCCC=O. The van der Waals surface area contributed by atoms with E-state index in [-0.39, 0.29) is 0 Å². The number of allylic oxidation sites excluding steroid dienone is 2. The van der Waals surface area contributed by atoms with Gasteiger partial charge in [0.2, 0.25) is 0 Å². The summed E-state index contributed by atoms with van der Waals surface area (Å²) >= 11 is 0. The van der Waals surface area contributed by atoms with Gasteiger partial charge < -0.3 is 4.79 Å². The van der Waals surface area contributed by atoms with Crippen LogP contribution in [-0.2, 0) is 9.59 Å². The zero-order chi connectivity index (χ0) is 9.07. The fourth-order valence-corrected chi connectivity index (χ4v) is 0.995. The minimum atomic E-state index is 0.685. The molecule has 0 fully saturated rings. The van der Waals surface area contributed by atoms with Gasteiger partial charge in [0.05, 0.1) is 0 Å². The first kappa shape index (κ1) is 11.1. The highest BCUT2D eigenvalue weighted by atomic mass is 16.1. The second-order valence-corrected chi connectivity index (χ2v) is 2.72. The van der Waals surface area contributed by atoms with Gasteiger partial charge in [-0.25, -0.2) is 0 Å². The number of hydrogen-bond acceptors (Lipinski definition) is 2. The van der Waals surface area contributed by atoms with Crippen LogP contribution >= 0.6 is 0 Å². The molecule has 68 valence electrons. The molecule has 2 nitrogen and oxygen atoms in total. The van der Waals surface area contributed by atoms with E-state index >= 15 is 0 Å². The zero-order valence-corrected chi connectivity index (χ0v) is 7.37. The molecule has 0 aliphatic rings. The van der Waals surface area contributed by atoms with Crippen molar-refractivity contribution in [2.45, 2.75) is 38.5 Å². The molecule has 0 aromatic carbocycles. The normalized spacial score (nSPS) is 10.3. The predicted octanol–water partition coefficient (Wildman–Crippen LogP) is 2.28. The molecule has 0 radical (unpaired) electrons. The molecule has 12 heavy (non-hydrogen) atoms. The Kier molecular flexibility index (Phi) is 9.31. The van der Waals surface area contributed by atoms with Crippen LogP contribution in [0.3, 0.4) is 0 Å². The Morgan fingerprint density at radius 1 is 0.833 bits per heavy atom. The van der Waals surface area contributed by atoms with Gasteiger partial charge in [0.15, 0.2) is 0 Å². The summed E-state index contributed by atoms with van der Waals surface area (Å²) < 4.78 is 0. The second-order valence-electron chi connectivity index (χ2n) is 2.72. The average molecular weight is 168 g/mol. The highest BCUT2D eigenvalue weighted by molar-refractivity contribution is 5.64. The van der Waals surface area contributed by atoms with Crippen LogP contribution in [0.15, 0.2) is 12.2 Å². The zero-order valence-electron chi connectivity index (χ0n) is 7.37. The number of carbonyl (C=O) groups excluding carboxylic acids is 2. The number of rotatable bonds is 8. The van der Waals surface area contributed by atoms with Crippen molar-refractivity contribution >= 4 is 12.6 Å². The van der Waals surface area contributed by atoms with Crippen molar-refractivity contribution in [2.24, 2.45) is 0 Å². The van der Waals surface area contributed by atoms with Crippen LogP contribution in [0.1, 0.15) is 38.5 Å². The monoisotopic (exact) mass is 168 g/mol. The first-order chi connectivity index (χ1) is 5.91. The third kappa shape index (κ3) is 9.08. The van der Waals surface area contributed by atoms with Crippen LogP contribution < -0.4 is 0 Å². The lowest BCUT2D eigenvalue weighted by Gasteiger charge is -1.94. The maximum Gasteiger partial charge on any atom is 0.142 e. The maximum atomic E-state index is 9.93. The Bertz CT molecular complexity index is 139. The van der Waals surface area contributed by atoms with E-state index in [4.69, 9.17) is 0 Å². The average Bonchev–Trinajstić information content (AvgIpc) is 2.10. The summed E-state index contributed by atoms with van der Waals surface area (Å²) in [5.41, 5.74) is 0. The topological polar surface area (TPSA) is 34.1 Å². The lowest BCUT2D eigenvalue weighted by atomic mass is 10.1. The Balaban J connectivity index is 2.95. The summed E-state index contributed by atoms with van der Waals surface area (Å²) in [7, 11) is 0. The Hall–Kier alpha value is -0.920. The molecule has 0 atom stereocenters. The smallest absolute Gasteiger partial charge is 0.142 e. The van der Waals surface area contributed by atoms with E-state index in [1.807, 2.05) is 6.08 Å². The van der Waals surface area contributed by atoms with Crippen molar-refractivity contribution in [1.29, 1.82) is 0 Å². The molecule has 0 amide bonds. The largest absolute Gasteiger partial charge is 0.303 e. The molecule has 0 aliphatic carbocycles. The fourth-order valence-electron chi connectivity index (χ4n) is 0.995. The van der Waals surface area contributed by atoms with Crippen molar-refractivity contribution in [3.8, 4) is 0 Å². The third-order valence-electron chi connectivity index (χ3n) is 1.66. The van der Waals surface area contributed by atoms with Crippen molar-refractivity contribution in [3.63, 3.8) is 0 Å². The highest BCUT2D eigenvalue weighted by Gasteiger charge is 1.87. The summed E-state index contributed by atoms with van der Waals surface area (Å²) in [5.74, 6) is 0. The van der Waals surface area contributed by atoms with Gasteiger partial charge in [0.1, 0.15) is 12.6 Å². The molecule has 0 rings (SSSR count). The van der Waals surface area contributed by atoms with Crippen LogP contribution in [-0.4, -0.2) is 12.6 Å². The van der Waals surface area contributed by atoms with Gasteiger partial charge in [-0.3, -0.25) is 4.79 Å². The Morgan fingerprint density at radius 3 is 2.08 bits per heavy atom. The van der Waals surface area contributed by atoms with Crippen molar-refractivity contribution < 1.29 is 9.59 Å². The molecule has 0 N–H and O–H groups in total. The molecule has 0 spiro atoms. The number of carbonyl (C=O) groups is 2. The van der Waals surface area contributed by atoms with Gasteiger partial charge >= 0.3 is 0 Å². The Labute approximate surface area is 73.7 Å². The van der Waals surface area contributed by atoms with Gasteiger partial charge in [-0.15, -0.1) is 0 Å². The van der Waals surface area contributed by atoms with Gasteiger partial charge in [-0.05, 0) is 25.3 Å². The molecule has 0 aliphatic heterocycles. The fraction of sp³-hybridized carbons (Fsp3) is 0.600. The van der Waals surface area contributed by atoms with Gasteiger partial charge in [-0.1, -0.05) is 18.9 Å². The van der Waals surface area contributed by atoms with Crippen LogP contribution in [0.5, 0.6) is 0 Å². The Morgan fingerprint density at radius 2 is 1.50 bits per heavy atom. The number of hydrogen-bond donors (Lipinski definition) is 0. The van der Waals surface area contributed by atoms with E-state index in [1.54, 1.807) is 0 Å². The number of unbranched alkanes of at least 4 members (excludes halogenated alkanes) is 5. The number of aldehydes is 2. The lowest BCUT2D eigenvalue weighted by molar-refractivity contribution is -0.108. The van der Waals surface area contributed by atoms with E-state index in [2.05, 4.69) is 0 Å². The lowest BCUT2D eigenvalue weighted by Crippen LogP contribution is -1.79. The van der Waals surface area contributed by atoms with E-state index in [1.165, 1.54) is 6.08 Å². The van der Waals surface area contributed by atoms with Gasteiger partial charge in [0.25, 0.3) is 0 Å². The summed E-state index contributed by atoms with van der Waals surface area (Å²) in [6, 6.07) is 0. The third-order valence-corrected chi connectivity index (χ3v) is 1.66. The molecule has 0 heterocycles. The van der Waals surface area contributed by atoms with Crippen molar-refractivity contribution in [2.75, 3.05) is 0 Å². The van der Waals surface area contributed by atoms with Crippen molar-refractivity contribution in [3.05, 3.63) is 12.2 Å². The summed E-state index contributed by atoms with van der Waals surface area (Å²) in [6.45, 7) is 0. The van der Waals surface area contributed by atoms with E-state index in [0.29, 0.717) is 6.42 Å². The molecule has 0 aromatic rings. The molecular formula is C10H16O2. The van der Waals surface area contributed by atoms with Crippen LogP contribution in [0.4, 0.5) is 0 Å². The van der Waals surface area contributed by atoms with Gasteiger partial charge in [0, 0.05) is 6.42 Å². The van der Waals surface area contributed by atoms with Crippen molar-refractivity contribution in [1.82, 2.24) is 0 Å². The molecule has 0 aromatic heterocycles. The van der Waals surface area contributed by atoms with E-state index < -0.39 is 0 Å². The first-order valence-electron chi connectivity index (χ1n) is 4.45. The van der Waals surface area contributed by atoms with Crippen LogP contribution in [0.2, 0.25) is 0 Å². The molecule has 0 unspecified atom stereocenters. The van der Waals surface area contributed by atoms with Crippen LogP contribution in [0, 0.1) is 0 Å².